The molecule has 5 rings (SSSR count). The van der Waals surface area contributed by atoms with Gasteiger partial charge in [-0.05, 0) is 43.9 Å². The number of hydrogen-bond acceptors (Lipinski definition) is 7. The van der Waals surface area contributed by atoms with E-state index in [4.69, 9.17) is 25.2 Å². The molecule has 2 aliphatic rings. The molecule has 0 bridgehead atoms. The molecule has 1 aliphatic heterocycles. The number of para-hydroxylation sites is 1. The van der Waals surface area contributed by atoms with Crippen molar-refractivity contribution >= 4 is 34.5 Å². The molecule has 1 aliphatic carbocycles. The Morgan fingerprint density at radius 3 is 2.26 bits per heavy atom. The summed E-state index contributed by atoms with van der Waals surface area (Å²) in [6, 6.07) is 13.2. The van der Waals surface area contributed by atoms with E-state index < -0.39 is 36.4 Å². The van der Waals surface area contributed by atoms with Gasteiger partial charge in [0.1, 0.15) is 0 Å². The van der Waals surface area contributed by atoms with Crippen molar-refractivity contribution < 1.29 is 39.5 Å². The molecule has 0 unspecified atom stereocenters. The van der Waals surface area contributed by atoms with Crippen LogP contribution in [0.2, 0.25) is 0 Å². The van der Waals surface area contributed by atoms with Crippen LogP contribution < -0.4 is 5.32 Å². The molecule has 1 fully saturated rings. The summed E-state index contributed by atoms with van der Waals surface area (Å²) in [5.41, 5.74) is 2.37. The molecular formula is C27H31N3O8. The van der Waals surface area contributed by atoms with E-state index in [1.165, 1.54) is 22.2 Å². The first-order chi connectivity index (χ1) is 18.1. The number of aliphatic hydroxyl groups is 1. The maximum Gasteiger partial charge on any atom is 0.336 e. The van der Waals surface area contributed by atoms with Gasteiger partial charge in [0, 0.05) is 52.7 Å². The molecule has 1 aromatic carbocycles. The summed E-state index contributed by atoms with van der Waals surface area (Å²) in [6.45, 7) is 0.822. The fourth-order valence-corrected chi connectivity index (χ4v) is 5.35. The highest BCUT2D eigenvalue weighted by atomic mass is 16.5. The lowest BCUT2D eigenvalue weighted by atomic mass is 9.75. The molecule has 0 radical (unpaired) electrons. The second-order valence-electron chi connectivity index (χ2n) is 9.75. The molecule has 1 saturated carbocycles. The third-order valence-electron chi connectivity index (χ3n) is 7.10. The van der Waals surface area contributed by atoms with Gasteiger partial charge in [0.05, 0.1) is 25.0 Å². The number of ether oxygens (including phenoxy) is 1. The van der Waals surface area contributed by atoms with Gasteiger partial charge in [-0.1, -0.05) is 18.2 Å². The highest BCUT2D eigenvalue weighted by molar-refractivity contribution is 5.88. The largest absolute Gasteiger partial charge is 0.481 e. The molecular weight excluding hydrogens is 494 g/mol. The van der Waals surface area contributed by atoms with Crippen molar-refractivity contribution in [3.63, 3.8) is 0 Å². The number of nitrogens with one attached hydrogen (secondary N) is 2. The number of carbonyl (C=O) groups is 3. The van der Waals surface area contributed by atoms with Crippen molar-refractivity contribution in [1.82, 2.24) is 9.97 Å². The van der Waals surface area contributed by atoms with Crippen molar-refractivity contribution in [3.05, 3.63) is 60.0 Å². The number of nitrogens with zero attached hydrogens (tertiary/aromatic N) is 1. The smallest absolute Gasteiger partial charge is 0.336 e. The highest BCUT2D eigenvalue weighted by Crippen LogP contribution is 2.47. The minimum Gasteiger partial charge on any atom is -0.481 e. The lowest BCUT2D eigenvalue weighted by molar-refractivity contribution is -0.170. The Balaban J connectivity index is 0.000000222. The minimum atomic E-state index is -2.74. The van der Waals surface area contributed by atoms with Crippen LogP contribution in [0.5, 0.6) is 0 Å². The van der Waals surface area contributed by atoms with E-state index in [2.05, 4.69) is 39.6 Å². The normalized spacial score (nSPS) is 20.7. The van der Waals surface area contributed by atoms with E-state index in [0.29, 0.717) is 6.04 Å². The standard InChI is InChI=1S/C21H23N3O.C6H8O7/c1-2-4-18-17(3-1)20-19(24-18)9-14-25-21(20)10-5-15(6-11-21)23-16-7-12-22-13-8-16;7-3(8)1-6(13,5(11)12)2-4(9)10/h1-4,7-8,12-13,15,24H,5-6,9-11,14H2,(H,22,23);13H,1-2H2,(H,7,8)(H,9,10)(H,11,12). The van der Waals surface area contributed by atoms with E-state index in [0.717, 1.165) is 44.4 Å². The summed E-state index contributed by atoms with van der Waals surface area (Å²) < 4.78 is 6.44. The number of fused-ring (bicyclic) bond motifs is 4. The summed E-state index contributed by atoms with van der Waals surface area (Å²) in [4.78, 5) is 38.2. The number of hydrogen-bond donors (Lipinski definition) is 6. The van der Waals surface area contributed by atoms with Crippen molar-refractivity contribution in [2.45, 2.75) is 62.2 Å². The monoisotopic (exact) mass is 525 g/mol. The predicted octanol–water partition coefficient (Wildman–Crippen LogP) is 3.14. The number of carboxylic acid groups (broad SMARTS) is 3. The van der Waals surface area contributed by atoms with Crippen LogP contribution in [0.4, 0.5) is 5.69 Å². The average Bonchev–Trinajstić information content (AvgIpc) is 3.26. The van der Waals surface area contributed by atoms with Crippen molar-refractivity contribution in [2.24, 2.45) is 0 Å². The predicted molar refractivity (Wildman–Crippen MR) is 137 cm³/mol. The number of anilines is 1. The highest BCUT2D eigenvalue weighted by Gasteiger charge is 2.43. The van der Waals surface area contributed by atoms with Crippen molar-refractivity contribution in [3.8, 4) is 0 Å². The van der Waals surface area contributed by atoms with Crippen LogP contribution in [0, 0.1) is 0 Å². The number of pyridine rings is 1. The van der Waals surface area contributed by atoms with Crippen LogP contribution in [0.3, 0.4) is 0 Å². The first-order valence-corrected chi connectivity index (χ1v) is 12.4. The maximum atomic E-state index is 10.3. The summed E-state index contributed by atoms with van der Waals surface area (Å²) >= 11 is 0. The number of carboxylic acids is 3. The number of H-pyrrole nitrogens is 1. The second kappa shape index (κ2) is 11.2. The molecule has 3 heterocycles. The fraction of sp³-hybridized carbons (Fsp3) is 0.407. The molecule has 6 N–H and O–H groups in total. The van der Waals surface area contributed by atoms with Crippen LogP contribution in [-0.2, 0) is 31.1 Å². The third kappa shape index (κ3) is 5.95. The number of benzene rings is 1. The van der Waals surface area contributed by atoms with E-state index >= 15 is 0 Å². The Morgan fingerprint density at radius 1 is 1.03 bits per heavy atom. The first kappa shape index (κ1) is 27.1. The van der Waals surface area contributed by atoms with Gasteiger partial charge < -0.3 is 35.5 Å². The van der Waals surface area contributed by atoms with E-state index in [1.807, 2.05) is 24.5 Å². The Hall–Kier alpha value is -3.96. The quantitative estimate of drug-likeness (QED) is 0.268. The first-order valence-electron chi connectivity index (χ1n) is 12.4. The van der Waals surface area contributed by atoms with Gasteiger partial charge in [0.25, 0.3) is 0 Å². The average molecular weight is 526 g/mol. The summed E-state index contributed by atoms with van der Waals surface area (Å²) in [5.74, 6) is -5.02. The lowest BCUT2D eigenvalue weighted by Gasteiger charge is -2.43. The van der Waals surface area contributed by atoms with Crippen LogP contribution in [0.15, 0.2) is 48.8 Å². The SMILES string of the molecule is O=C(O)CC(O)(CC(=O)O)C(=O)O.c1ccc2c3c([nH]c2c1)CCOC31CCC(Nc2ccncc2)CC1. The second-order valence-corrected chi connectivity index (χ2v) is 9.75. The zero-order valence-electron chi connectivity index (χ0n) is 20.7. The Kier molecular flexibility index (Phi) is 7.98. The number of aromatic amines is 1. The maximum absolute atomic E-state index is 10.3. The Bertz CT molecular complexity index is 1280. The van der Waals surface area contributed by atoms with Gasteiger partial charge in [0.2, 0.25) is 0 Å². The molecule has 1 spiro atoms. The third-order valence-corrected chi connectivity index (χ3v) is 7.10. The minimum absolute atomic E-state index is 0.108. The van der Waals surface area contributed by atoms with E-state index in [-0.39, 0.29) is 5.60 Å². The van der Waals surface area contributed by atoms with Crippen LogP contribution in [-0.4, -0.2) is 66.6 Å². The van der Waals surface area contributed by atoms with Crippen LogP contribution in [0.1, 0.15) is 49.8 Å². The number of aromatic nitrogens is 2. The van der Waals surface area contributed by atoms with Gasteiger partial charge in [0.15, 0.2) is 5.60 Å². The Labute approximate surface area is 218 Å². The summed E-state index contributed by atoms with van der Waals surface area (Å²) in [5, 5.41) is 38.8. The molecule has 3 aromatic rings. The van der Waals surface area contributed by atoms with E-state index in [9.17, 15) is 14.4 Å². The number of aliphatic carboxylic acids is 3. The van der Waals surface area contributed by atoms with E-state index in [1.54, 1.807) is 0 Å². The molecule has 2 aromatic heterocycles. The molecule has 0 atom stereocenters. The topological polar surface area (TPSA) is 182 Å². The van der Waals surface area contributed by atoms with Gasteiger partial charge in [-0.25, -0.2) is 4.79 Å². The van der Waals surface area contributed by atoms with Gasteiger partial charge >= 0.3 is 17.9 Å². The fourth-order valence-electron chi connectivity index (χ4n) is 5.35. The van der Waals surface area contributed by atoms with Crippen molar-refractivity contribution in [1.29, 1.82) is 0 Å². The van der Waals surface area contributed by atoms with Crippen LogP contribution >= 0.6 is 0 Å². The molecule has 0 amide bonds. The number of rotatable bonds is 7. The lowest BCUT2D eigenvalue weighted by Crippen LogP contribution is -2.42. The molecule has 0 saturated heterocycles. The molecule has 11 heteroatoms. The zero-order valence-corrected chi connectivity index (χ0v) is 20.7. The molecule has 202 valence electrons. The van der Waals surface area contributed by atoms with Gasteiger partial charge in [-0.15, -0.1) is 0 Å². The summed E-state index contributed by atoms with van der Waals surface area (Å²) in [6.07, 6.45) is 6.79. The van der Waals surface area contributed by atoms with Crippen molar-refractivity contribution in [2.75, 3.05) is 11.9 Å². The van der Waals surface area contributed by atoms with Gasteiger partial charge in [-0.2, -0.15) is 0 Å². The van der Waals surface area contributed by atoms with Gasteiger partial charge in [-0.3, -0.25) is 14.6 Å². The zero-order chi connectivity index (χ0) is 27.3. The Morgan fingerprint density at radius 2 is 1.66 bits per heavy atom. The summed E-state index contributed by atoms with van der Waals surface area (Å²) in [7, 11) is 0. The van der Waals surface area contributed by atoms with Crippen LogP contribution in [0.25, 0.3) is 10.9 Å². The molecule has 11 nitrogen and oxygen atoms in total. The molecule has 38 heavy (non-hydrogen) atoms.